The van der Waals surface area contributed by atoms with E-state index in [4.69, 9.17) is 0 Å². The van der Waals surface area contributed by atoms with Crippen molar-refractivity contribution < 1.29 is 4.79 Å². The summed E-state index contributed by atoms with van der Waals surface area (Å²) >= 11 is 0. The van der Waals surface area contributed by atoms with Gasteiger partial charge in [0, 0.05) is 24.7 Å². The number of carbonyl (C=O) groups is 1. The van der Waals surface area contributed by atoms with Gasteiger partial charge in [-0.3, -0.25) is 0 Å². The van der Waals surface area contributed by atoms with Crippen LogP contribution < -0.4 is 4.90 Å². The molecule has 1 aliphatic heterocycles. The Labute approximate surface area is 84.5 Å². The molecule has 0 saturated carbocycles. The molecule has 1 aromatic carbocycles. The molecule has 2 rings (SSSR count). The molecule has 1 unspecified atom stereocenters. The number of fused-ring (bicyclic) bond motifs is 1. The van der Waals surface area contributed by atoms with Gasteiger partial charge in [0.05, 0.1) is 0 Å². The largest absolute Gasteiger partial charge is 0.368 e. The highest BCUT2D eigenvalue weighted by Crippen LogP contribution is 2.32. The standard InChI is InChI=1S/C12H15NO/c1-2-13-11(7-8-14)9-10-5-3-4-6-12(10)13/h3-6,8,11H,2,7,9H2,1H3. The second kappa shape index (κ2) is 3.82. The molecule has 0 bridgehead atoms. The van der Waals surface area contributed by atoms with Crippen LogP contribution in [0, 0.1) is 0 Å². The van der Waals surface area contributed by atoms with E-state index in [2.05, 4.69) is 36.1 Å². The number of nitrogens with zero attached hydrogens (tertiary/aromatic N) is 1. The predicted molar refractivity (Wildman–Crippen MR) is 57.6 cm³/mol. The van der Waals surface area contributed by atoms with Gasteiger partial charge >= 0.3 is 0 Å². The molecular weight excluding hydrogens is 174 g/mol. The highest BCUT2D eigenvalue weighted by atomic mass is 16.1. The van der Waals surface area contributed by atoms with Crippen molar-refractivity contribution in [3.05, 3.63) is 29.8 Å². The van der Waals surface area contributed by atoms with Crippen LogP contribution in [0.5, 0.6) is 0 Å². The van der Waals surface area contributed by atoms with E-state index >= 15 is 0 Å². The average Bonchev–Trinajstić information content (AvgIpc) is 2.55. The first kappa shape index (κ1) is 9.25. The number of carbonyl (C=O) groups excluding carboxylic acids is 1. The minimum atomic E-state index is 0.384. The molecule has 0 saturated heterocycles. The van der Waals surface area contributed by atoms with Crippen molar-refractivity contribution in [3.63, 3.8) is 0 Å². The topological polar surface area (TPSA) is 20.3 Å². The molecule has 1 aromatic rings. The van der Waals surface area contributed by atoms with Crippen LogP contribution in [0.2, 0.25) is 0 Å². The number of benzene rings is 1. The van der Waals surface area contributed by atoms with Crippen LogP contribution >= 0.6 is 0 Å². The lowest BCUT2D eigenvalue weighted by Crippen LogP contribution is -2.31. The molecule has 14 heavy (non-hydrogen) atoms. The van der Waals surface area contributed by atoms with Crippen molar-refractivity contribution in [2.24, 2.45) is 0 Å². The van der Waals surface area contributed by atoms with E-state index in [9.17, 15) is 4.79 Å². The van der Waals surface area contributed by atoms with Gasteiger partial charge in [0.15, 0.2) is 0 Å². The second-order valence-corrected chi connectivity index (χ2v) is 3.68. The number of hydrogen-bond acceptors (Lipinski definition) is 2. The van der Waals surface area contributed by atoms with Gasteiger partial charge in [0.1, 0.15) is 6.29 Å². The molecule has 0 N–H and O–H groups in total. The fourth-order valence-corrected chi connectivity index (χ4v) is 2.27. The summed E-state index contributed by atoms with van der Waals surface area (Å²) in [5, 5.41) is 0. The molecule has 1 heterocycles. The van der Waals surface area contributed by atoms with Crippen molar-refractivity contribution in [1.29, 1.82) is 0 Å². The number of para-hydroxylation sites is 1. The third kappa shape index (κ3) is 1.41. The summed E-state index contributed by atoms with van der Waals surface area (Å²) in [6, 6.07) is 8.81. The number of rotatable bonds is 3. The fraction of sp³-hybridized carbons (Fsp3) is 0.417. The molecule has 0 radical (unpaired) electrons. The number of anilines is 1. The van der Waals surface area contributed by atoms with Gasteiger partial charge in [-0.15, -0.1) is 0 Å². The molecule has 0 aromatic heterocycles. The normalized spacial score (nSPS) is 19.5. The second-order valence-electron chi connectivity index (χ2n) is 3.68. The zero-order valence-electron chi connectivity index (χ0n) is 8.44. The minimum Gasteiger partial charge on any atom is -0.368 e. The van der Waals surface area contributed by atoms with Crippen molar-refractivity contribution in [1.82, 2.24) is 0 Å². The van der Waals surface area contributed by atoms with Crippen LogP contribution in [0.4, 0.5) is 5.69 Å². The molecule has 74 valence electrons. The molecule has 0 amide bonds. The van der Waals surface area contributed by atoms with Crippen LogP contribution in [0.25, 0.3) is 0 Å². The Hall–Kier alpha value is -1.31. The van der Waals surface area contributed by atoms with Crippen molar-refractivity contribution in [2.45, 2.75) is 25.8 Å². The van der Waals surface area contributed by atoms with Gasteiger partial charge in [0.25, 0.3) is 0 Å². The summed E-state index contributed by atoms with van der Waals surface area (Å²) in [4.78, 5) is 12.9. The Bertz CT molecular complexity index is 335. The summed E-state index contributed by atoms with van der Waals surface area (Å²) < 4.78 is 0. The van der Waals surface area contributed by atoms with Gasteiger partial charge < -0.3 is 9.69 Å². The van der Waals surface area contributed by atoms with Gasteiger partial charge in [-0.25, -0.2) is 0 Å². The molecular formula is C12H15NO. The Morgan fingerprint density at radius 2 is 2.29 bits per heavy atom. The lowest BCUT2D eigenvalue weighted by Gasteiger charge is -2.24. The van der Waals surface area contributed by atoms with Crippen molar-refractivity contribution in [2.75, 3.05) is 11.4 Å². The smallest absolute Gasteiger partial charge is 0.122 e. The van der Waals surface area contributed by atoms with E-state index in [1.807, 2.05) is 0 Å². The first-order valence-electron chi connectivity index (χ1n) is 5.15. The third-order valence-corrected chi connectivity index (χ3v) is 2.91. The van der Waals surface area contributed by atoms with Gasteiger partial charge in [-0.05, 0) is 25.0 Å². The van der Waals surface area contributed by atoms with Crippen LogP contribution in [-0.2, 0) is 11.2 Å². The molecule has 2 nitrogen and oxygen atoms in total. The van der Waals surface area contributed by atoms with Crippen LogP contribution in [-0.4, -0.2) is 18.9 Å². The third-order valence-electron chi connectivity index (χ3n) is 2.91. The number of aldehydes is 1. The monoisotopic (exact) mass is 189 g/mol. The summed E-state index contributed by atoms with van der Waals surface area (Å²) in [6.45, 7) is 3.12. The summed E-state index contributed by atoms with van der Waals surface area (Å²) in [5.41, 5.74) is 2.68. The van der Waals surface area contributed by atoms with E-state index in [0.717, 1.165) is 19.3 Å². The maximum absolute atomic E-state index is 10.5. The van der Waals surface area contributed by atoms with E-state index < -0.39 is 0 Å². The van der Waals surface area contributed by atoms with E-state index in [1.165, 1.54) is 11.3 Å². The lowest BCUT2D eigenvalue weighted by molar-refractivity contribution is -0.108. The van der Waals surface area contributed by atoms with Crippen LogP contribution in [0.1, 0.15) is 18.9 Å². The van der Waals surface area contributed by atoms with Crippen molar-refractivity contribution in [3.8, 4) is 0 Å². The van der Waals surface area contributed by atoms with Gasteiger partial charge in [-0.1, -0.05) is 18.2 Å². The minimum absolute atomic E-state index is 0.384. The average molecular weight is 189 g/mol. The first-order valence-corrected chi connectivity index (χ1v) is 5.15. The Morgan fingerprint density at radius 3 is 3.00 bits per heavy atom. The Kier molecular flexibility index (Phi) is 2.53. The number of hydrogen-bond donors (Lipinski definition) is 0. The van der Waals surface area contributed by atoms with E-state index in [1.54, 1.807) is 0 Å². The maximum atomic E-state index is 10.5. The van der Waals surface area contributed by atoms with Crippen LogP contribution in [0.15, 0.2) is 24.3 Å². The summed E-state index contributed by atoms with van der Waals surface area (Å²) in [7, 11) is 0. The fourth-order valence-electron chi connectivity index (χ4n) is 2.27. The van der Waals surface area contributed by atoms with E-state index in [-0.39, 0.29) is 0 Å². The van der Waals surface area contributed by atoms with Crippen molar-refractivity contribution >= 4 is 12.0 Å². The van der Waals surface area contributed by atoms with Gasteiger partial charge in [0.2, 0.25) is 0 Å². The maximum Gasteiger partial charge on any atom is 0.122 e. The highest BCUT2D eigenvalue weighted by Gasteiger charge is 2.26. The Morgan fingerprint density at radius 1 is 1.50 bits per heavy atom. The summed E-state index contributed by atoms with van der Waals surface area (Å²) in [6.07, 6.45) is 2.68. The molecule has 0 spiro atoms. The van der Waals surface area contributed by atoms with Crippen LogP contribution in [0.3, 0.4) is 0 Å². The lowest BCUT2D eigenvalue weighted by atomic mass is 10.1. The summed E-state index contributed by atoms with van der Waals surface area (Å²) in [5.74, 6) is 0. The number of likely N-dealkylation sites (N-methyl/N-ethyl adjacent to an activating group) is 1. The molecule has 0 aliphatic carbocycles. The molecule has 2 heteroatoms. The quantitative estimate of drug-likeness (QED) is 0.678. The van der Waals surface area contributed by atoms with E-state index in [0.29, 0.717) is 12.5 Å². The highest BCUT2D eigenvalue weighted by molar-refractivity contribution is 5.62. The SMILES string of the molecule is CCN1c2ccccc2CC1CC=O. The first-order chi connectivity index (χ1) is 6.86. The molecule has 1 atom stereocenters. The molecule has 0 fully saturated rings. The zero-order chi connectivity index (χ0) is 9.97. The molecule has 1 aliphatic rings. The Balaban J connectivity index is 2.28. The van der Waals surface area contributed by atoms with Gasteiger partial charge in [-0.2, -0.15) is 0 Å². The predicted octanol–water partition coefficient (Wildman–Crippen LogP) is 2.03. The zero-order valence-corrected chi connectivity index (χ0v) is 8.44.